The second-order valence-electron chi connectivity index (χ2n) is 4.01. The van der Waals surface area contributed by atoms with Gasteiger partial charge in [-0.25, -0.2) is 5.43 Å². The molecule has 0 unspecified atom stereocenters. The number of hydrazone groups is 1. The maximum Gasteiger partial charge on any atom is 0.287 e. The Bertz CT molecular complexity index is 667. The molecule has 0 spiro atoms. The third-order valence-electron chi connectivity index (χ3n) is 2.59. The number of carbonyl (C=O) groups is 1. The summed E-state index contributed by atoms with van der Waals surface area (Å²) in [5.41, 5.74) is 3.49. The molecule has 0 aliphatic rings. The highest BCUT2D eigenvalue weighted by molar-refractivity contribution is 6.36. The van der Waals surface area contributed by atoms with Crippen LogP contribution in [0.4, 0.5) is 0 Å². The molecule has 104 valence electrons. The van der Waals surface area contributed by atoms with Crippen molar-refractivity contribution in [1.29, 1.82) is 0 Å². The Hall–Kier alpha value is -1.98. The van der Waals surface area contributed by atoms with Gasteiger partial charge in [-0.1, -0.05) is 23.2 Å². The van der Waals surface area contributed by atoms with Gasteiger partial charge in [0.15, 0.2) is 0 Å². The molecule has 3 N–H and O–H groups in total. The minimum absolute atomic E-state index is 0.123. The first kappa shape index (κ1) is 14.4. The van der Waals surface area contributed by atoms with Crippen molar-refractivity contribution in [3.05, 3.63) is 51.8 Å². The number of hydrogen-bond donors (Lipinski definition) is 3. The van der Waals surface area contributed by atoms with Crippen molar-refractivity contribution < 1.29 is 9.90 Å². The van der Waals surface area contributed by atoms with Gasteiger partial charge in [0.2, 0.25) is 0 Å². The van der Waals surface area contributed by atoms with Gasteiger partial charge < -0.3 is 10.1 Å². The fraction of sp³-hybridized carbons (Fsp3) is 0.0769. The van der Waals surface area contributed by atoms with Crippen LogP contribution < -0.4 is 5.43 Å². The first-order valence-electron chi connectivity index (χ1n) is 5.65. The zero-order valence-corrected chi connectivity index (χ0v) is 12.0. The largest absolute Gasteiger partial charge is 0.506 e. The van der Waals surface area contributed by atoms with Crippen LogP contribution in [0.1, 0.15) is 23.0 Å². The normalized spacial score (nSPS) is 11.4. The first-order chi connectivity index (χ1) is 9.49. The Balaban J connectivity index is 2.21. The van der Waals surface area contributed by atoms with Gasteiger partial charge in [-0.05, 0) is 31.2 Å². The predicted molar refractivity (Wildman–Crippen MR) is 78.6 cm³/mol. The average Bonchev–Trinajstić information content (AvgIpc) is 2.93. The second-order valence-corrected chi connectivity index (χ2v) is 4.85. The average molecular weight is 312 g/mol. The maximum atomic E-state index is 11.7. The highest BCUT2D eigenvalue weighted by Crippen LogP contribution is 2.31. The summed E-state index contributed by atoms with van der Waals surface area (Å²) in [6.07, 6.45) is 1.63. The molecule has 0 aliphatic carbocycles. The summed E-state index contributed by atoms with van der Waals surface area (Å²) < 4.78 is 0. The lowest BCUT2D eigenvalue weighted by Crippen LogP contribution is -2.19. The fourth-order valence-electron chi connectivity index (χ4n) is 1.57. The van der Waals surface area contributed by atoms with E-state index in [0.717, 1.165) is 0 Å². The molecule has 0 radical (unpaired) electrons. The van der Waals surface area contributed by atoms with E-state index in [1.807, 2.05) is 0 Å². The van der Waals surface area contributed by atoms with E-state index in [2.05, 4.69) is 15.5 Å². The van der Waals surface area contributed by atoms with Crippen molar-refractivity contribution in [3.63, 3.8) is 0 Å². The van der Waals surface area contributed by atoms with E-state index in [9.17, 15) is 9.90 Å². The number of aromatic amines is 1. The summed E-state index contributed by atoms with van der Waals surface area (Å²) in [7, 11) is 0. The summed E-state index contributed by atoms with van der Waals surface area (Å²) in [6, 6.07) is 6.26. The number of hydrogen-bond acceptors (Lipinski definition) is 3. The molecule has 0 fully saturated rings. The number of H-pyrrole nitrogens is 1. The van der Waals surface area contributed by atoms with Crippen molar-refractivity contribution >= 4 is 34.8 Å². The van der Waals surface area contributed by atoms with Crippen LogP contribution in [0.15, 0.2) is 35.6 Å². The zero-order valence-electron chi connectivity index (χ0n) is 10.4. The number of aromatic nitrogens is 1. The number of phenolic OH excluding ortho intramolecular Hbond substituents is 1. The summed E-state index contributed by atoms with van der Waals surface area (Å²) in [4.78, 5) is 14.5. The van der Waals surface area contributed by atoms with Crippen LogP contribution >= 0.6 is 23.2 Å². The van der Waals surface area contributed by atoms with Gasteiger partial charge >= 0.3 is 0 Å². The van der Waals surface area contributed by atoms with Gasteiger partial charge in [-0.3, -0.25) is 4.79 Å². The number of amides is 1. The molecule has 0 aliphatic heterocycles. The number of aromatic hydroxyl groups is 1. The maximum absolute atomic E-state index is 11.7. The number of phenols is 1. The minimum Gasteiger partial charge on any atom is -0.506 e. The molecule has 2 rings (SSSR count). The first-order valence-corrected chi connectivity index (χ1v) is 6.41. The van der Waals surface area contributed by atoms with E-state index in [0.29, 0.717) is 22.0 Å². The van der Waals surface area contributed by atoms with Gasteiger partial charge in [-0.15, -0.1) is 0 Å². The van der Waals surface area contributed by atoms with Gasteiger partial charge in [0.25, 0.3) is 5.91 Å². The Kier molecular flexibility index (Phi) is 4.32. The quantitative estimate of drug-likeness (QED) is 0.601. The topological polar surface area (TPSA) is 77.5 Å². The van der Waals surface area contributed by atoms with Crippen LogP contribution in [0.3, 0.4) is 0 Å². The number of halogens is 2. The third-order valence-corrected chi connectivity index (χ3v) is 3.09. The lowest BCUT2D eigenvalue weighted by atomic mass is 10.1. The lowest BCUT2D eigenvalue weighted by molar-refractivity contribution is 0.0950. The molecule has 5 nitrogen and oxygen atoms in total. The molecule has 0 saturated heterocycles. The molecule has 2 aromatic rings. The number of nitrogens with zero attached hydrogens (tertiary/aromatic N) is 1. The van der Waals surface area contributed by atoms with E-state index in [-0.39, 0.29) is 16.7 Å². The number of nitrogens with one attached hydrogen (secondary N) is 2. The molecule has 0 bridgehead atoms. The fourth-order valence-corrected chi connectivity index (χ4v) is 2.06. The molecular formula is C13H11Cl2N3O2. The van der Waals surface area contributed by atoms with Crippen molar-refractivity contribution in [3.8, 4) is 5.75 Å². The third kappa shape index (κ3) is 3.12. The van der Waals surface area contributed by atoms with E-state index < -0.39 is 0 Å². The molecule has 1 heterocycles. The van der Waals surface area contributed by atoms with Crippen molar-refractivity contribution in [2.24, 2.45) is 5.10 Å². The predicted octanol–water partition coefficient (Wildman–Crippen LogP) is 3.18. The van der Waals surface area contributed by atoms with Crippen molar-refractivity contribution in [1.82, 2.24) is 10.4 Å². The van der Waals surface area contributed by atoms with Crippen LogP contribution in [0, 0.1) is 0 Å². The van der Waals surface area contributed by atoms with Gasteiger partial charge in [-0.2, -0.15) is 5.10 Å². The molecule has 1 aromatic heterocycles. The monoisotopic (exact) mass is 311 g/mol. The molecular weight excluding hydrogens is 301 g/mol. The summed E-state index contributed by atoms with van der Waals surface area (Å²) in [5, 5.41) is 14.3. The second kappa shape index (κ2) is 5.98. The SMILES string of the molecule is C/C(=N\NC(=O)c1ccc[nH]1)c1cc(Cl)cc(Cl)c1O. The number of benzene rings is 1. The van der Waals surface area contributed by atoms with Crippen LogP contribution in [-0.2, 0) is 0 Å². The van der Waals surface area contributed by atoms with Crippen LogP contribution in [0.2, 0.25) is 10.0 Å². The van der Waals surface area contributed by atoms with Crippen LogP contribution in [0.25, 0.3) is 0 Å². The lowest BCUT2D eigenvalue weighted by Gasteiger charge is -2.07. The Morgan fingerprint density at radius 2 is 2.15 bits per heavy atom. The standard InChI is InChI=1S/C13H11Cl2N3O2/c1-7(9-5-8(14)6-10(15)12(9)19)17-18-13(20)11-3-2-4-16-11/h2-6,16,19H,1H3,(H,18,20)/b17-7+. The van der Waals surface area contributed by atoms with E-state index in [1.165, 1.54) is 12.1 Å². The Morgan fingerprint density at radius 3 is 2.80 bits per heavy atom. The summed E-state index contributed by atoms with van der Waals surface area (Å²) >= 11 is 11.7. The number of rotatable bonds is 3. The highest BCUT2D eigenvalue weighted by Gasteiger charge is 2.11. The summed E-state index contributed by atoms with van der Waals surface area (Å²) in [5.74, 6) is -0.520. The minimum atomic E-state index is -0.387. The van der Waals surface area contributed by atoms with E-state index in [4.69, 9.17) is 23.2 Å². The number of carbonyl (C=O) groups excluding carboxylic acids is 1. The molecule has 7 heteroatoms. The molecule has 0 atom stereocenters. The van der Waals surface area contributed by atoms with E-state index in [1.54, 1.807) is 25.3 Å². The molecule has 0 saturated carbocycles. The smallest absolute Gasteiger partial charge is 0.287 e. The van der Waals surface area contributed by atoms with Gasteiger partial charge in [0, 0.05) is 16.8 Å². The molecule has 20 heavy (non-hydrogen) atoms. The molecule has 1 amide bonds. The Labute approximate surface area is 125 Å². The van der Waals surface area contributed by atoms with Crippen LogP contribution in [0.5, 0.6) is 5.75 Å². The van der Waals surface area contributed by atoms with Crippen molar-refractivity contribution in [2.45, 2.75) is 6.92 Å². The van der Waals surface area contributed by atoms with Gasteiger partial charge in [0.05, 0.1) is 10.7 Å². The van der Waals surface area contributed by atoms with E-state index >= 15 is 0 Å². The molecule has 1 aromatic carbocycles. The van der Waals surface area contributed by atoms with Crippen molar-refractivity contribution in [2.75, 3.05) is 0 Å². The van der Waals surface area contributed by atoms with Gasteiger partial charge in [0.1, 0.15) is 11.4 Å². The zero-order chi connectivity index (χ0) is 14.7. The Morgan fingerprint density at radius 1 is 1.40 bits per heavy atom. The van der Waals surface area contributed by atoms with Crippen LogP contribution in [-0.4, -0.2) is 21.7 Å². The highest BCUT2D eigenvalue weighted by atomic mass is 35.5. The summed E-state index contributed by atoms with van der Waals surface area (Å²) in [6.45, 7) is 1.62.